The largest absolute Gasteiger partial charge is 0.454 e. The summed E-state index contributed by atoms with van der Waals surface area (Å²) >= 11 is 0. The SMILES string of the molecule is C[C@]1(c2ccc(S(C)(=O)=O)cc2)NC(=O)N(C[C@@H](O)c2ccc3c(c2)OCO3)C1=O. The third-order valence-corrected chi connectivity index (χ3v) is 6.40. The molecule has 3 amide bonds. The van der Waals surface area contributed by atoms with Crippen molar-refractivity contribution in [2.24, 2.45) is 0 Å². The van der Waals surface area contributed by atoms with Gasteiger partial charge in [0.25, 0.3) is 5.91 Å². The van der Waals surface area contributed by atoms with Crippen molar-refractivity contribution in [1.82, 2.24) is 10.2 Å². The number of hydrogen-bond donors (Lipinski definition) is 2. The maximum atomic E-state index is 13.0. The molecule has 0 spiro atoms. The molecule has 2 aromatic rings. The van der Waals surface area contributed by atoms with Crippen LogP contribution in [0.15, 0.2) is 47.4 Å². The van der Waals surface area contributed by atoms with Crippen LogP contribution in [0.2, 0.25) is 0 Å². The predicted octanol–water partition coefficient (Wildman–Crippen LogP) is 1.32. The molecule has 30 heavy (non-hydrogen) atoms. The van der Waals surface area contributed by atoms with E-state index < -0.39 is 33.4 Å². The molecule has 0 aliphatic carbocycles. The lowest BCUT2D eigenvalue weighted by molar-refractivity contribution is -0.132. The number of nitrogens with zero attached hydrogens (tertiary/aromatic N) is 1. The Morgan fingerprint density at radius 1 is 1.13 bits per heavy atom. The number of ether oxygens (including phenoxy) is 2. The lowest BCUT2D eigenvalue weighted by atomic mass is 9.92. The quantitative estimate of drug-likeness (QED) is 0.683. The van der Waals surface area contributed by atoms with Gasteiger partial charge in [-0.05, 0) is 42.3 Å². The Bertz CT molecular complexity index is 1130. The molecule has 2 atom stereocenters. The summed E-state index contributed by atoms with van der Waals surface area (Å²) < 4.78 is 33.8. The first-order valence-electron chi connectivity index (χ1n) is 9.12. The van der Waals surface area contributed by atoms with E-state index in [1.807, 2.05) is 0 Å². The van der Waals surface area contributed by atoms with Gasteiger partial charge in [0.15, 0.2) is 21.3 Å². The van der Waals surface area contributed by atoms with E-state index >= 15 is 0 Å². The van der Waals surface area contributed by atoms with Gasteiger partial charge in [-0.2, -0.15) is 0 Å². The van der Waals surface area contributed by atoms with Crippen LogP contribution in [0.1, 0.15) is 24.2 Å². The van der Waals surface area contributed by atoms with Gasteiger partial charge in [-0.25, -0.2) is 13.2 Å². The minimum atomic E-state index is -3.38. The Hall–Kier alpha value is -3.11. The molecular weight excluding hydrogens is 412 g/mol. The van der Waals surface area contributed by atoms with Gasteiger partial charge in [0.1, 0.15) is 5.54 Å². The average Bonchev–Trinajstić information content (AvgIpc) is 3.25. The summed E-state index contributed by atoms with van der Waals surface area (Å²) in [5.74, 6) is 0.505. The van der Waals surface area contributed by atoms with Crippen molar-refractivity contribution < 1.29 is 32.6 Å². The highest BCUT2D eigenvalue weighted by Crippen LogP contribution is 2.35. The van der Waals surface area contributed by atoms with Crippen LogP contribution in [0.5, 0.6) is 11.5 Å². The van der Waals surface area contributed by atoms with E-state index in [1.54, 1.807) is 18.2 Å². The van der Waals surface area contributed by atoms with Crippen molar-refractivity contribution in [3.63, 3.8) is 0 Å². The molecule has 1 fully saturated rings. The summed E-state index contributed by atoms with van der Waals surface area (Å²) in [6.45, 7) is 1.38. The third kappa shape index (κ3) is 3.37. The summed E-state index contributed by atoms with van der Waals surface area (Å²) in [6.07, 6.45) is -0.0324. The Balaban J connectivity index is 1.55. The highest BCUT2D eigenvalue weighted by atomic mass is 32.2. The second-order valence-corrected chi connectivity index (χ2v) is 9.41. The van der Waals surface area contributed by atoms with Crippen LogP contribution < -0.4 is 14.8 Å². The van der Waals surface area contributed by atoms with Gasteiger partial charge in [0, 0.05) is 6.26 Å². The number of aliphatic hydroxyl groups is 1. The summed E-state index contributed by atoms with van der Waals surface area (Å²) in [6, 6.07) is 10.0. The van der Waals surface area contributed by atoms with E-state index in [4.69, 9.17) is 9.47 Å². The topological polar surface area (TPSA) is 122 Å². The number of nitrogens with one attached hydrogen (secondary N) is 1. The van der Waals surface area contributed by atoms with Crippen LogP contribution >= 0.6 is 0 Å². The standard InChI is InChI=1S/C20H20N2O7S/c1-20(13-4-6-14(7-5-13)30(2,26)27)18(24)22(19(25)21-20)10-15(23)12-3-8-16-17(9-12)29-11-28-16/h3-9,15,23H,10-11H2,1-2H3,(H,21,25)/t15-,20-/m1/s1. The lowest BCUT2D eigenvalue weighted by Crippen LogP contribution is -2.41. The molecule has 4 rings (SSSR count). The predicted molar refractivity (Wildman–Crippen MR) is 105 cm³/mol. The number of sulfone groups is 1. The van der Waals surface area contributed by atoms with Crippen LogP contribution in [-0.4, -0.2) is 50.0 Å². The molecule has 0 unspecified atom stereocenters. The molecule has 9 nitrogen and oxygen atoms in total. The smallest absolute Gasteiger partial charge is 0.325 e. The van der Waals surface area contributed by atoms with Crippen molar-refractivity contribution in [3.8, 4) is 11.5 Å². The fourth-order valence-corrected chi connectivity index (χ4v) is 4.12. The van der Waals surface area contributed by atoms with Crippen LogP contribution in [0.4, 0.5) is 4.79 Å². The zero-order valence-electron chi connectivity index (χ0n) is 16.3. The number of benzene rings is 2. The zero-order chi connectivity index (χ0) is 21.7. The minimum absolute atomic E-state index is 0.0956. The highest BCUT2D eigenvalue weighted by molar-refractivity contribution is 7.90. The van der Waals surface area contributed by atoms with E-state index in [0.29, 0.717) is 22.6 Å². The molecule has 10 heteroatoms. The van der Waals surface area contributed by atoms with Crippen molar-refractivity contribution in [2.45, 2.75) is 23.5 Å². The number of carbonyl (C=O) groups is 2. The van der Waals surface area contributed by atoms with E-state index in [9.17, 15) is 23.1 Å². The first-order chi connectivity index (χ1) is 14.1. The molecule has 2 aromatic carbocycles. The average molecular weight is 432 g/mol. The van der Waals surface area contributed by atoms with E-state index in [2.05, 4.69) is 5.32 Å². The molecule has 0 aromatic heterocycles. The molecule has 1 saturated heterocycles. The minimum Gasteiger partial charge on any atom is -0.454 e. The van der Waals surface area contributed by atoms with Gasteiger partial charge in [-0.3, -0.25) is 9.69 Å². The number of rotatable bonds is 5. The van der Waals surface area contributed by atoms with Crippen LogP contribution in [0, 0.1) is 0 Å². The Labute approximate surface area is 173 Å². The molecule has 2 heterocycles. The van der Waals surface area contributed by atoms with Gasteiger partial charge >= 0.3 is 6.03 Å². The number of imide groups is 1. The van der Waals surface area contributed by atoms with Gasteiger partial charge in [0.2, 0.25) is 6.79 Å². The van der Waals surface area contributed by atoms with Gasteiger partial charge in [-0.1, -0.05) is 18.2 Å². The summed E-state index contributed by atoms with van der Waals surface area (Å²) in [5.41, 5.74) is -0.457. The first kappa shape index (κ1) is 20.2. The normalized spacial score (nSPS) is 21.6. The van der Waals surface area contributed by atoms with Gasteiger partial charge in [0.05, 0.1) is 17.5 Å². The molecule has 0 saturated carbocycles. The maximum Gasteiger partial charge on any atom is 0.325 e. The van der Waals surface area contributed by atoms with E-state index in [-0.39, 0.29) is 18.2 Å². The lowest BCUT2D eigenvalue weighted by Gasteiger charge is -2.23. The van der Waals surface area contributed by atoms with Crippen molar-refractivity contribution >= 4 is 21.8 Å². The number of carbonyl (C=O) groups excluding carboxylic acids is 2. The zero-order valence-corrected chi connectivity index (χ0v) is 17.1. The number of urea groups is 1. The second-order valence-electron chi connectivity index (χ2n) is 7.40. The van der Waals surface area contributed by atoms with Crippen LogP contribution in [-0.2, 0) is 20.2 Å². The maximum absolute atomic E-state index is 13.0. The first-order valence-corrected chi connectivity index (χ1v) is 11.0. The molecule has 158 valence electrons. The Kier molecular flexibility index (Phi) is 4.70. The number of amides is 3. The fourth-order valence-electron chi connectivity index (χ4n) is 3.49. The number of aliphatic hydroxyl groups excluding tert-OH is 1. The molecule has 2 N–H and O–H groups in total. The van der Waals surface area contributed by atoms with Crippen molar-refractivity contribution in [2.75, 3.05) is 19.6 Å². The fraction of sp³-hybridized carbons (Fsp3) is 0.300. The third-order valence-electron chi connectivity index (χ3n) is 5.27. The molecule has 0 bridgehead atoms. The number of hydrogen-bond acceptors (Lipinski definition) is 7. The number of fused-ring (bicyclic) bond motifs is 1. The van der Waals surface area contributed by atoms with E-state index in [1.165, 1.54) is 31.2 Å². The van der Waals surface area contributed by atoms with Crippen molar-refractivity contribution in [3.05, 3.63) is 53.6 Å². The molecule has 0 radical (unpaired) electrons. The Morgan fingerprint density at radius 3 is 2.47 bits per heavy atom. The van der Waals surface area contributed by atoms with Gasteiger partial charge in [-0.15, -0.1) is 0 Å². The van der Waals surface area contributed by atoms with Gasteiger partial charge < -0.3 is 19.9 Å². The molecular formula is C20H20N2O7S. The Morgan fingerprint density at radius 2 is 1.80 bits per heavy atom. The molecule has 2 aliphatic rings. The summed E-state index contributed by atoms with van der Waals surface area (Å²) in [5, 5.41) is 13.2. The van der Waals surface area contributed by atoms with E-state index in [0.717, 1.165) is 11.2 Å². The van der Waals surface area contributed by atoms with Crippen LogP contribution in [0.3, 0.4) is 0 Å². The summed E-state index contributed by atoms with van der Waals surface area (Å²) in [7, 11) is -3.38. The van der Waals surface area contributed by atoms with Crippen molar-refractivity contribution in [1.29, 1.82) is 0 Å². The molecule has 2 aliphatic heterocycles. The highest BCUT2D eigenvalue weighted by Gasteiger charge is 2.49. The summed E-state index contributed by atoms with van der Waals surface area (Å²) in [4.78, 5) is 26.6. The number of β-amino-alcohol motifs (C(OH)–C–C–N with tert-alkyl or cyclic N) is 1. The van der Waals surface area contributed by atoms with Crippen LogP contribution in [0.25, 0.3) is 0 Å². The second kappa shape index (κ2) is 6.99. The monoisotopic (exact) mass is 432 g/mol.